The van der Waals surface area contributed by atoms with E-state index in [-0.39, 0.29) is 6.61 Å². The Bertz CT molecular complexity index is 811. The van der Waals surface area contributed by atoms with Crippen molar-refractivity contribution in [2.45, 2.75) is 56.3 Å². The van der Waals surface area contributed by atoms with Crippen molar-refractivity contribution in [3.05, 3.63) is 84.4 Å². The molecule has 2 saturated heterocycles. The molecule has 5 heteroatoms. The van der Waals surface area contributed by atoms with E-state index >= 15 is 0 Å². The second kappa shape index (κ2) is 8.38. The van der Waals surface area contributed by atoms with Gasteiger partial charge >= 0.3 is 0 Å². The van der Waals surface area contributed by atoms with E-state index in [1.807, 2.05) is 67.6 Å². The van der Waals surface area contributed by atoms with Crippen molar-refractivity contribution in [3.63, 3.8) is 0 Å². The predicted molar refractivity (Wildman–Crippen MR) is 109 cm³/mol. The third kappa shape index (κ3) is 3.89. The van der Waals surface area contributed by atoms with Crippen molar-refractivity contribution in [1.82, 2.24) is 0 Å². The minimum absolute atomic E-state index is 0.167. The van der Waals surface area contributed by atoms with E-state index in [1.54, 1.807) is 6.08 Å². The molecule has 0 aromatic heterocycles. The van der Waals surface area contributed by atoms with Gasteiger partial charge in [0.1, 0.15) is 23.9 Å². The van der Waals surface area contributed by atoms with Crippen LogP contribution in [-0.4, -0.2) is 41.4 Å². The normalized spacial score (nSPS) is 33.5. The van der Waals surface area contributed by atoms with Gasteiger partial charge in [-0.25, -0.2) is 0 Å². The highest BCUT2D eigenvalue weighted by Gasteiger charge is 2.68. The van der Waals surface area contributed by atoms with Crippen molar-refractivity contribution in [2.24, 2.45) is 0 Å². The maximum absolute atomic E-state index is 10.8. The van der Waals surface area contributed by atoms with Gasteiger partial charge in [-0.1, -0.05) is 66.7 Å². The molecule has 29 heavy (non-hydrogen) atoms. The summed E-state index contributed by atoms with van der Waals surface area (Å²) in [6.07, 6.45) is 0.362. The van der Waals surface area contributed by atoms with Crippen molar-refractivity contribution in [2.75, 3.05) is 6.61 Å². The first kappa shape index (κ1) is 20.3. The molecule has 2 fully saturated rings. The van der Waals surface area contributed by atoms with Crippen LogP contribution in [0.15, 0.2) is 73.3 Å². The van der Waals surface area contributed by atoms with E-state index in [0.29, 0.717) is 19.6 Å². The molecule has 154 valence electrons. The Morgan fingerprint density at radius 1 is 1.00 bits per heavy atom. The highest BCUT2D eigenvalue weighted by molar-refractivity contribution is 5.18. The van der Waals surface area contributed by atoms with Gasteiger partial charge in [0.05, 0.1) is 19.8 Å². The lowest BCUT2D eigenvalue weighted by atomic mass is 9.86. The van der Waals surface area contributed by atoms with Gasteiger partial charge in [-0.3, -0.25) is 0 Å². The quantitative estimate of drug-likeness (QED) is 0.691. The summed E-state index contributed by atoms with van der Waals surface area (Å²) >= 11 is 0. The van der Waals surface area contributed by atoms with Crippen LogP contribution >= 0.6 is 0 Å². The van der Waals surface area contributed by atoms with Crippen molar-refractivity contribution in [1.29, 1.82) is 0 Å². The number of hydrogen-bond acceptors (Lipinski definition) is 5. The van der Waals surface area contributed by atoms with Crippen LogP contribution in [0.5, 0.6) is 0 Å². The largest absolute Gasteiger partial charge is 0.388 e. The molecule has 5 atom stereocenters. The summed E-state index contributed by atoms with van der Waals surface area (Å²) in [5, 5.41) is 10.8. The molecule has 4 rings (SSSR count). The summed E-state index contributed by atoms with van der Waals surface area (Å²) in [4.78, 5) is 0. The van der Waals surface area contributed by atoms with E-state index in [4.69, 9.17) is 18.9 Å². The average molecular weight is 396 g/mol. The summed E-state index contributed by atoms with van der Waals surface area (Å²) in [6.45, 7) is 6.69. The highest BCUT2D eigenvalue weighted by atomic mass is 16.8. The lowest BCUT2D eigenvalue weighted by Gasteiger charge is -2.42. The zero-order chi connectivity index (χ0) is 20.3. The molecule has 0 amide bonds. The lowest BCUT2D eigenvalue weighted by Crippen LogP contribution is -2.56. The first-order chi connectivity index (χ1) is 14.1. The number of aliphatic hydroxyl groups excluding tert-OH is 1. The van der Waals surface area contributed by atoms with Crippen LogP contribution in [0.25, 0.3) is 0 Å². The van der Waals surface area contributed by atoms with Crippen LogP contribution in [0.4, 0.5) is 0 Å². The smallest absolute Gasteiger partial charge is 0.195 e. The first-order valence-electron chi connectivity index (χ1n) is 10.0. The number of benzene rings is 2. The van der Waals surface area contributed by atoms with Crippen molar-refractivity contribution in [3.8, 4) is 0 Å². The molecule has 0 unspecified atom stereocenters. The van der Waals surface area contributed by atoms with Crippen molar-refractivity contribution >= 4 is 0 Å². The fourth-order valence-corrected chi connectivity index (χ4v) is 4.29. The fraction of sp³-hybridized carbons (Fsp3) is 0.417. The van der Waals surface area contributed by atoms with Gasteiger partial charge in [0, 0.05) is 0 Å². The minimum Gasteiger partial charge on any atom is -0.388 e. The Balaban J connectivity index is 1.61. The zero-order valence-electron chi connectivity index (χ0n) is 16.7. The molecule has 2 heterocycles. The van der Waals surface area contributed by atoms with Crippen LogP contribution in [-0.2, 0) is 32.2 Å². The molecule has 5 nitrogen and oxygen atoms in total. The van der Waals surface area contributed by atoms with E-state index in [9.17, 15) is 5.11 Å². The second-order valence-corrected chi connectivity index (χ2v) is 7.83. The van der Waals surface area contributed by atoms with Gasteiger partial charge < -0.3 is 24.1 Å². The van der Waals surface area contributed by atoms with E-state index in [1.165, 1.54) is 0 Å². The summed E-state index contributed by atoms with van der Waals surface area (Å²) in [6, 6.07) is 19.9. The third-order valence-electron chi connectivity index (χ3n) is 5.77. The molecule has 1 N–H and O–H groups in total. The van der Waals surface area contributed by atoms with Gasteiger partial charge in [-0.05, 0) is 24.5 Å². The maximum Gasteiger partial charge on any atom is 0.195 e. The Labute approximate surface area is 171 Å². The Morgan fingerprint density at radius 3 is 2.10 bits per heavy atom. The topological polar surface area (TPSA) is 57.2 Å². The molecule has 2 aliphatic heterocycles. The number of aliphatic hydroxyl groups is 1. The van der Waals surface area contributed by atoms with E-state index < -0.39 is 29.7 Å². The number of ether oxygens (including phenoxy) is 4. The standard InChI is InChI=1S/C24H28O5/c1-3-14-24-20(25)17-28-23(2,29-24)21(26-15-18-10-6-4-7-11-18)22(24)27-16-19-12-8-5-9-13-19/h3-13,20-22,25H,1,14-17H2,2H3/t20-,21-,22-,23-,24+/m1/s1. The van der Waals surface area contributed by atoms with Crippen molar-refractivity contribution < 1.29 is 24.1 Å². The molecule has 0 saturated carbocycles. The summed E-state index contributed by atoms with van der Waals surface area (Å²) in [5.74, 6) is -1.00. The molecule has 2 aromatic carbocycles. The Hall–Kier alpha value is -2.02. The monoisotopic (exact) mass is 396 g/mol. The number of hydrogen-bond donors (Lipinski definition) is 1. The van der Waals surface area contributed by atoms with Gasteiger partial charge in [-0.15, -0.1) is 6.58 Å². The van der Waals surface area contributed by atoms with Crippen LogP contribution < -0.4 is 0 Å². The Morgan fingerprint density at radius 2 is 1.55 bits per heavy atom. The summed E-state index contributed by atoms with van der Waals surface area (Å²) in [7, 11) is 0. The molecular weight excluding hydrogens is 368 g/mol. The summed E-state index contributed by atoms with van der Waals surface area (Å²) < 4.78 is 24.9. The van der Waals surface area contributed by atoms with Gasteiger partial charge in [0.25, 0.3) is 0 Å². The molecule has 2 aliphatic rings. The average Bonchev–Trinajstić information content (AvgIpc) is 2.94. The first-order valence-corrected chi connectivity index (χ1v) is 10.0. The molecule has 2 bridgehead atoms. The fourth-order valence-electron chi connectivity index (χ4n) is 4.29. The van der Waals surface area contributed by atoms with Crippen LogP contribution in [0.1, 0.15) is 24.5 Å². The lowest BCUT2D eigenvalue weighted by molar-refractivity contribution is -0.331. The van der Waals surface area contributed by atoms with Gasteiger partial charge in [0.15, 0.2) is 5.79 Å². The molecule has 0 aliphatic carbocycles. The predicted octanol–water partition coefficient (Wildman–Crippen LogP) is 3.61. The summed E-state index contributed by atoms with van der Waals surface area (Å²) in [5.41, 5.74) is 1.15. The van der Waals surface area contributed by atoms with E-state index in [2.05, 4.69) is 6.58 Å². The Kier molecular flexibility index (Phi) is 5.86. The van der Waals surface area contributed by atoms with Gasteiger partial charge in [-0.2, -0.15) is 0 Å². The van der Waals surface area contributed by atoms with Crippen LogP contribution in [0.2, 0.25) is 0 Å². The minimum atomic E-state index is -1.00. The molecular formula is C24H28O5. The SMILES string of the molecule is C=CC[C@]12O[C@@](C)(OC[C@H]1O)[C@H](OCc1ccccc1)[C@H]2OCc1ccccc1. The number of rotatable bonds is 8. The van der Waals surface area contributed by atoms with Crippen LogP contribution in [0.3, 0.4) is 0 Å². The number of fused-ring (bicyclic) bond motifs is 2. The third-order valence-corrected chi connectivity index (χ3v) is 5.77. The van der Waals surface area contributed by atoms with Crippen LogP contribution in [0, 0.1) is 0 Å². The second-order valence-electron chi connectivity index (χ2n) is 7.83. The molecule has 0 radical (unpaired) electrons. The highest BCUT2D eigenvalue weighted by Crippen LogP contribution is 2.50. The van der Waals surface area contributed by atoms with E-state index in [0.717, 1.165) is 11.1 Å². The zero-order valence-corrected chi connectivity index (χ0v) is 16.7. The maximum atomic E-state index is 10.8. The van der Waals surface area contributed by atoms with Gasteiger partial charge in [0.2, 0.25) is 0 Å². The molecule has 0 spiro atoms. The molecule has 2 aromatic rings.